The molecule has 21 heavy (non-hydrogen) atoms. The van der Waals surface area contributed by atoms with Gasteiger partial charge in [-0.15, -0.1) is 0 Å². The Morgan fingerprint density at radius 1 is 1.33 bits per heavy atom. The highest BCUT2D eigenvalue weighted by atomic mass is 32.2. The summed E-state index contributed by atoms with van der Waals surface area (Å²) in [4.78, 5) is 21.3. The molecule has 0 saturated carbocycles. The van der Waals surface area contributed by atoms with E-state index >= 15 is 0 Å². The number of thioether (sulfide) groups is 1. The lowest BCUT2D eigenvalue weighted by Gasteiger charge is -2.29. The molecule has 0 unspecified atom stereocenters. The second-order valence-electron chi connectivity index (χ2n) is 4.27. The van der Waals surface area contributed by atoms with E-state index in [9.17, 15) is 13.6 Å². The summed E-state index contributed by atoms with van der Waals surface area (Å²) in [6.07, 6.45) is 3.32. The number of urea groups is 1. The van der Waals surface area contributed by atoms with Gasteiger partial charge in [-0.3, -0.25) is 0 Å². The van der Waals surface area contributed by atoms with Crippen molar-refractivity contribution in [1.29, 1.82) is 0 Å². The highest BCUT2D eigenvalue weighted by Gasteiger charge is 2.31. The standard InChI is InChI=1S/C13H10F2N4OS/c1-21-12-16-5-7-6-17-13(20)19(11(7)18-12)10-8(14)3-2-4-9(10)15/h2-5H,6H2,1H3,(H,17,20). The molecule has 2 amide bonds. The van der Waals surface area contributed by atoms with E-state index in [1.807, 2.05) is 0 Å². The molecule has 1 aromatic heterocycles. The van der Waals surface area contributed by atoms with Crippen molar-refractivity contribution >= 4 is 29.3 Å². The maximum absolute atomic E-state index is 14.0. The molecule has 108 valence electrons. The Bertz CT molecular complexity index is 705. The van der Waals surface area contributed by atoms with Gasteiger partial charge in [0.05, 0.1) is 0 Å². The summed E-state index contributed by atoms with van der Waals surface area (Å²) >= 11 is 1.28. The van der Waals surface area contributed by atoms with Crippen LogP contribution in [-0.2, 0) is 6.54 Å². The van der Waals surface area contributed by atoms with E-state index in [1.165, 1.54) is 17.8 Å². The second-order valence-corrected chi connectivity index (χ2v) is 5.04. The predicted octanol–water partition coefficient (Wildman–Crippen LogP) is 2.84. The lowest BCUT2D eigenvalue weighted by atomic mass is 10.2. The summed E-state index contributed by atoms with van der Waals surface area (Å²) in [5.74, 6) is -1.47. The molecule has 0 radical (unpaired) electrons. The largest absolute Gasteiger partial charge is 0.333 e. The van der Waals surface area contributed by atoms with Crippen molar-refractivity contribution in [1.82, 2.24) is 15.3 Å². The van der Waals surface area contributed by atoms with Gasteiger partial charge in [0.15, 0.2) is 11.0 Å². The molecular formula is C13H10F2N4OS. The summed E-state index contributed by atoms with van der Waals surface area (Å²) in [6, 6.07) is 2.80. The summed E-state index contributed by atoms with van der Waals surface area (Å²) in [5, 5.41) is 2.97. The number of carbonyl (C=O) groups excluding carboxylic acids is 1. The van der Waals surface area contributed by atoms with Gasteiger partial charge in [0, 0.05) is 18.3 Å². The number of hydrogen-bond acceptors (Lipinski definition) is 4. The van der Waals surface area contributed by atoms with Gasteiger partial charge in [0.1, 0.15) is 17.3 Å². The molecule has 2 aromatic rings. The molecular weight excluding hydrogens is 298 g/mol. The Kier molecular flexibility index (Phi) is 3.46. The van der Waals surface area contributed by atoms with Gasteiger partial charge in [-0.1, -0.05) is 17.8 Å². The highest BCUT2D eigenvalue weighted by Crippen LogP contribution is 2.34. The van der Waals surface area contributed by atoms with Crippen molar-refractivity contribution in [3.63, 3.8) is 0 Å². The molecule has 0 spiro atoms. The molecule has 3 rings (SSSR count). The topological polar surface area (TPSA) is 58.1 Å². The summed E-state index contributed by atoms with van der Waals surface area (Å²) in [6.45, 7) is 0.218. The van der Waals surface area contributed by atoms with Crippen LogP contribution >= 0.6 is 11.8 Å². The van der Waals surface area contributed by atoms with Crippen molar-refractivity contribution in [2.45, 2.75) is 11.7 Å². The van der Waals surface area contributed by atoms with Crippen LogP contribution in [0, 0.1) is 11.6 Å². The molecule has 1 aromatic carbocycles. The van der Waals surface area contributed by atoms with Crippen LogP contribution in [0.3, 0.4) is 0 Å². The zero-order chi connectivity index (χ0) is 15.0. The highest BCUT2D eigenvalue weighted by molar-refractivity contribution is 7.98. The quantitative estimate of drug-likeness (QED) is 0.684. The van der Waals surface area contributed by atoms with E-state index in [0.29, 0.717) is 10.7 Å². The number of benzene rings is 1. The SMILES string of the molecule is CSc1ncc2c(n1)N(c1c(F)cccc1F)C(=O)NC2. The van der Waals surface area contributed by atoms with E-state index in [-0.39, 0.29) is 12.4 Å². The number of halogens is 2. The van der Waals surface area contributed by atoms with E-state index in [0.717, 1.165) is 17.0 Å². The number of hydrogen-bond donors (Lipinski definition) is 1. The van der Waals surface area contributed by atoms with Gasteiger partial charge >= 0.3 is 6.03 Å². The Morgan fingerprint density at radius 3 is 2.71 bits per heavy atom. The Hall–Kier alpha value is -2.22. The number of para-hydroxylation sites is 1. The molecule has 0 saturated heterocycles. The Labute approximate surface area is 123 Å². The Balaban J connectivity index is 2.21. The number of anilines is 2. The van der Waals surface area contributed by atoms with Crippen molar-refractivity contribution in [2.24, 2.45) is 0 Å². The zero-order valence-electron chi connectivity index (χ0n) is 10.9. The summed E-state index contributed by atoms with van der Waals surface area (Å²) in [5.41, 5.74) is 0.150. The number of aromatic nitrogens is 2. The molecule has 8 heteroatoms. The molecule has 0 fully saturated rings. The number of nitrogens with zero attached hydrogens (tertiary/aromatic N) is 3. The fraction of sp³-hybridized carbons (Fsp3) is 0.154. The van der Waals surface area contributed by atoms with Gasteiger partial charge in [0.2, 0.25) is 0 Å². The molecule has 1 aliphatic heterocycles. The van der Waals surface area contributed by atoms with E-state index < -0.39 is 23.4 Å². The van der Waals surface area contributed by atoms with Crippen LogP contribution in [0.25, 0.3) is 0 Å². The van der Waals surface area contributed by atoms with Crippen LogP contribution < -0.4 is 10.2 Å². The van der Waals surface area contributed by atoms with Crippen LogP contribution in [0.15, 0.2) is 29.6 Å². The van der Waals surface area contributed by atoms with Gasteiger partial charge in [-0.05, 0) is 18.4 Å². The summed E-state index contributed by atoms with van der Waals surface area (Å²) in [7, 11) is 0. The van der Waals surface area contributed by atoms with Crippen molar-refractivity contribution < 1.29 is 13.6 Å². The average molecular weight is 308 g/mol. The monoisotopic (exact) mass is 308 g/mol. The first-order chi connectivity index (χ1) is 10.1. The van der Waals surface area contributed by atoms with Crippen molar-refractivity contribution in [2.75, 3.05) is 11.2 Å². The molecule has 0 atom stereocenters. The van der Waals surface area contributed by atoms with Gasteiger partial charge in [-0.2, -0.15) is 0 Å². The fourth-order valence-corrected chi connectivity index (χ4v) is 2.39. The second kappa shape index (κ2) is 5.28. The molecule has 1 aliphatic rings. The van der Waals surface area contributed by atoms with Gasteiger partial charge in [0.25, 0.3) is 0 Å². The summed E-state index contributed by atoms with van der Waals surface area (Å²) < 4.78 is 27.9. The molecule has 5 nitrogen and oxygen atoms in total. The maximum Gasteiger partial charge on any atom is 0.328 e. The number of amides is 2. The number of fused-ring (bicyclic) bond motifs is 1. The van der Waals surface area contributed by atoms with E-state index in [2.05, 4.69) is 15.3 Å². The molecule has 1 N–H and O–H groups in total. The normalized spacial score (nSPS) is 13.9. The first-order valence-corrected chi connectivity index (χ1v) is 7.26. The number of rotatable bonds is 2. The van der Waals surface area contributed by atoms with Crippen molar-refractivity contribution in [3.8, 4) is 0 Å². The molecule has 0 aliphatic carbocycles. The lowest BCUT2D eigenvalue weighted by molar-refractivity contribution is 0.246. The molecule has 0 bridgehead atoms. The smallest absolute Gasteiger partial charge is 0.328 e. The fourth-order valence-electron chi connectivity index (χ4n) is 2.05. The predicted molar refractivity (Wildman–Crippen MR) is 74.5 cm³/mol. The zero-order valence-corrected chi connectivity index (χ0v) is 11.7. The van der Waals surface area contributed by atoms with Crippen molar-refractivity contribution in [3.05, 3.63) is 41.6 Å². The van der Waals surface area contributed by atoms with Gasteiger partial charge in [-0.25, -0.2) is 28.4 Å². The van der Waals surface area contributed by atoms with Crippen LogP contribution in [-0.4, -0.2) is 22.3 Å². The number of nitrogens with one attached hydrogen (secondary N) is 1. The van der Waals surface area contributed by atoms with Crippen LogP contribution in [0.4, 0.5) is 25.1 Å². The lowest BCUT2D eigenvalue weighted by Crippen LogP contribution is -2.42. The minimum atomic E-state index is -0.831. The van der Waals surface area contributed by atoms with Crippen LogP contribution in [0.2, 0.25) is 0 Å². The van der Waals surface area contributed by atoms with Gasteiger partial charge < -0.3 is 5.32 Å². The number of carbonyl (C=O) groups is 1. The van der Waals surface area contributed by atoms with E-state index in [4.69, 9.17) is 0 Å². The van der Waals surface area contributed by atoms with E-state index in [1.54, 1.807) is 12.5 Å². The third-order valence-electron chi connectivity index (χ3n) is 3.01. The third-order valence-corrected chi connectivity index (χ3v) is 3.57. The third kappa shape index (κ3) is 2.31. The average Bonchev–Trinajstić information content (AvgIpc) is 2.48. The minimum absolute atomic E-state index is 0.196. The molecule has 2 heterocycles. The minimum Gasteiger partial charge on any atom is -0.333 e. The van der Waals surface area contributed by atoms with Crippen LogP contribution in [0.1, 0.15) is 5.56 Å². The first kappa shape index (κ1) is 13.7. The van der Waals surface area contributed by atoms with Crippen LogP contribution in [0.5, 0.6) is 0 Å². The Morgan fingerprint density at radius 2 is 2.05 bits per heavy atom. The maximum atomic E-state index is 14.0. The first-order valence-electron chi connectivity index (χ1n) is 6.03.